The molecule has 0 nitrogen and oxygen atoms in total. The van der Waals surface area contributed by atoms with Crippen LogP contribution in [0.4, 0.5) is 0 Å². The van der Waals surface area contributed by atoms with Gasteiger partial charge in [0.15, 0.2) is 0 Å². The van der Waals surface area contributed by atoms with Crippen molar-refractivity contribution < 1.29 is 0 Å². The number of benzene rings is 6. The molecule has 0 fully saturated rings. The third kappa shape index (κ3) is 2.34. The van der Waals surface area contributed by atoms with E-state index in [4.69, 9.17) is 0 Å². The van der Waals surface area contributed by atoms with Crippen molar-refractivity contribution in [2.75, 3.05) is 0 Å². The molecule has 182 valence electrons. The number of fused-ring (bicyclic) bond motifs is 12. The van der Waals surface area contributed by atoms with Crippen LogP contribution < -0.4 is 0 Å². The van der Waals surface area contributed by atoms with Gasteiger partial charge in [0, 0.05) is 4.47 Å². The summed E-state index contributed by atoms with van der Waals surface area (Å²) in [6.45, 7) is 0. The van der Waals surface area contributed by atoms with Crippen molar-refractivity contribution in [2.45, 2.75) is 10.8 Å². The molecule has 3 aliphatic carbocycles. The number of hydrogen-bond donors (Lipinski definition) is 0. The first kappa shape index (κ1) is 21.7. The maximum atomic E-state index is 4.06. The quantitative estimate of drug-likeness (QED) is 0.188. The molecule has 39 heavy (non-hydrogen) atoms. The molecule has 1 heteroatoms. The van der Waals surface area contributed by atoms with E-state index >= 15 is 0 Å². The molecule has 3 aliphatic rings. The van der Waals surface area contributed by atoms with E-state index in [2.05, 4.69) is 155 Å². The van der Waals surface area contributed by atoms with Gasteiger partial charge in [-0.25, -0.2) is 0 Å². The number of rotatable bonds is 1. The molecule has 0 bridgehead atoms. The standard InChI is InChI=1S/C38H23Br/c39-34-23-11-17-28-26-15-5-7-19-30(26)38(36(28)34)32-21-9-8-20-31(32)37(24-12-2-1-3-13-24)29-18-6-4-14-25(29)27-16-10-22-33(38)35(27)37/h1-23H. The molecular formula is C38H23Br. The second-order valence-electron chi connectivity index (χ2n) is 10.9. The minimum atomic E-state index is -0.422. The van der Waals surface area contributed by atoms with E-state index in [0.29, 0.717) is 0 Å². The first-order valence-corrected chi connectivity index (χ1v) is 14.4. The van der Waals surface area contributed by atoms with Crippen LogP contribution in [0.2, 0.25) is 0 Å². The summed E-state index contributed by atoms with van der Waals surface area (Å²) in [6, 6.07) is 52.2. The van der Waals surface area contributed by atoms with Crippen LogP contribution in [0.25, 0.3) is 22.3 Å². The van der Waals surface area contributed by atoms with E-state index in [0.717, 1.165) is 4.47 Å². The van der Waals surface area contributed by atoms with Crippen LogP contribution >= 0.6 is 15.9 Å². The fraction of sp³-hybridized carbons (Fsp3) is 0.0526. The zero-order chi connectivity index (χ0) is 25.8. The van der Waals surface area contributed by atoms with Crippen LogP contribution in [0, 0.1) is 0 Å². The van der Waals surface area contributed by atoms with Crippen LogP contribution in [0.1, 0.15) is 44.5 Å². The van der Waals surface area contributed by atoms with Crippen LogP contribution in [-0.4, -0.2) is 0 Å². The molecule has 0 heterocycles. The Hall–Kier alpha value is -4.20. The van der Waals surface area contributed by atoms with E-state index in [9.17, 15) is 0 Å². The van der Waals surface area contributed by atoms with Gasteiger partial charge < -0.3 is 0 Å². The summed E-state index contributed by atoms with van der Waals surface area (Å²) in [5, 5.41) is 0. The molecule has 0 N–H and O–H groups in total. The molecule has 0 aromatic heterocycles. The summed E-state index contributed by atoms with van der Waals surface area (Å²) < 4.78 is 1.16. The molecule has 0 aliphatic heterocycles. The average molecular weight is 560 g/mol. The van der Waals surface area contributed by atoms with Gasteiger partial charge in [-0.2, -0.15) is 0 Å². The summed E-state index contributed by atoms with van der Waals surface area (Å²) in [5.74, 6) is 0. The van der Waals surface area contributed by atoms with Crippen LogP contribution in [-0.2, 0) is 10.8 Å². The molecule has 0 saturated carbocycles. The Morgan fingerprint density at radius 3 is 1.49 bits per heavy atom. The molecule has 2 atom stereocenters. The van der Waals surface area contributed by atoms with Gasteiger partial charge in [0.1, 0.15) is 0 Å². The molecule has 0 saturated heterocycles. The second-order valence-corrected chi connectivity index (χ2v) is 11.7. The highest BCUT2D eigenvalue weighted by atomic mass is 79.9. The van der Waals surface area contributed by atoms with Gasteiger partial charge in [-0.15, -0.1) is 0 Å². The highest BCUT2D eigenvalue weighted by molar-refractivity contribution is 9.10. The van der Waals surface area contributed by atoms with Crippen molar-refractivity contribution in [3.05, 3.63) is 189 Å². The van der Waals surface area contributed by atoms with Crippen molar-refractivity contribution >= 4 is 15.9 Å². The summed E-state index contributed by atoms with van der Waals surface area (Å²) in [6.07, 6.45) is 0. The lowest BCUT2D eigenvalue weighted by atomic mass is 9.52. The Morgan fingerprint density at radius 1 is 0.333 bits per heavy atom. The summed E-state index contributed by atoms with van der Waals surface area (Å²) >= 11 is 4.06. The first-order valence-electron chi connectivity index (χ1n) is 13.6. The van der Waals surface area contributed by atoms with E-state index in [-0.39, 0.29) is 5.41 Å². The van der Waals surface area contributed by atoms with Crippen molar-refractivity contribution in [3.8, 4) is 22.3 Å². The minimum Gasteiger partial charge on any atom is -0.0622 e. The zero-order valence-corrected chi connectivity index (χ0v) is 22.7. The zero-order valence-electron chi connectivity index (χ0n) is 21.2. The van der Waals surface area contributed by atoms with Gasteiger partial charge in [0.2, 0.25) is 0 Å². The van der Waals surface area contributed by atoms with Crippen LogP contribution in [0.15, 0.2) is 144 Å². The SMILES string of the molecule is Brc1cccc2c1C1(c3ccccc3-2)c2ccccc2C2(c3ccccc3)c3ccccc3-c3cccc1c32. The smallest absolute Gasteiger partial charge is 0.0622 e. The highest BCUT2D eigenvalue weighted by Crippen LogP contribution is 2.69. The van der Waals surface area contributed by atoms with Crippen LogP contribution in [0.5, 0.6) is 0 Å². The predicted octanol–water partition coefficient (Wildman–Crippen LogP) is 9.49. The second kappa shape index (κ2) is 7.46. The Bertz CT molecular complexity index is 1980. The molecule has 6 aromatic carbocycles. The Morgan fingerprint density at radius 2 is 0.795 bits per heavy atom. The molecule has 6 aromatic rings. The molecule has 0 amide bonds. The topological polar surface area (TPSA) is 0 Å². The van der Waals surface area contributed by atoms with Gasteiger partial charge in [0.05, 0.1) is 10.8 Å². The van der Waals surface area contributed by atoms with Gasteiger partial charge in [-0.3, -0.25) is 0 Å². The normalized spacial score (nSPS) is 20.6. The molecular weight excluding hydrogens is 536 g/mol. The van der Waals surface area contributed by atoms with Crippen molar-refractivity contribution in [1.29, 1.82) is 0 Å². The summed E-state index contributed by atoms with van der Waals surface area (Å²) in [5.41, 5.74) is 15.5. The van der Waals surface area contributed by atoms with Crippen molar-refractivity contribution in [2.24, 2.45) is 0 Å². The van der Waals surface area contributed by atoms with Crippen molar-refractivity contribution in [3.63, 3.8) is 0 Å². The fourth-order valence-corrected chi connectivity index (χ4v) is 8.91. The highest BCUT2D eigenvalue weighted by Gasteiger charge is 2.60. The largest absolute Gasteiger partial charge is 0.0731 e. The lowest BCUT2D eigenvalue weighted by Crippen LogP contribution is -2.43. The maximum Gasteiger partial charge on any atom is 0.0731 e. The number of hydrogen-bond acceptors (Lipinski definition) is 0. The summed E-state index contributed by atoms with van der Waals surface area (Å²) in [7, 11) is 0. The molecule has 9 rings (SSSR count). The monoisotopic (exact) mass is 558 g/mol. The van der Waals surface area contributed by atoms with E-state index in [1.807, 2.05) is 0 Å². The Kier molecular flexibility index (Phi) is 4.15. The van der Waals surface area contributed by atoms with Crippen LogP contribution in [0.3, 0.4) is 0 Å². The minimum absolute atomic E-state index is 0.384. The Balaban J connectivity index is 1.57. The van der Waals surface area contributed by atoms with E-state index in [1.54, 1.807) is 0 Å². The Labute approximate surface area is 236 Å². The lowest BCUT2D eigenvalue weighted by molar-refractivity contribution is 0.634. The maximum absolute atomic E-state index is 4.06. The number of halogens is 1. The third-order valence-corrected chi connectivity index (χ3v) is 10.1. The van der Waals surface area contributed by atoms with Gasteiger partial charge in [-0.1, -0.05) is 149 Å². The van der Waals surface area contributed by atoms with Gasteiger partial charge in [0.25, 0.3) is 0 Å². The third-order valence-electron chi connectivity index (χ3n) is 9.42. The molecule has 1 spiro atoms. The van der Waals surface area contributed by atoms with E-state index < -0.39 is 5.41 Å². The first-order chi connectivity index (χ1) is 19.3. The lowest BCUT2D eigenvalue weighted by Gasteiger charge is -2.48. The van der Waals surface area contributed by atoms with Crippen molar-refractivity contribution in [1.82, 2.24) is 0 Å². The van der Waals surface area contributed by atoms with Gasteiger partial charge in [-0.05, 0) is 72.8 Å². The van der Waals surface area contributed by atoms with Gasteiger partial charge >= 0.3 is 0 Å². The molecule has 0 radical (unpaired) electrons. The average Bonchev–Trinajstić information content (AvgIpc) is 3.47. The van der Waals surface area contributed by atoms with E-state index in [1.165, 1.54) is 66.8 Å². The fourth-order valence-electron chi connectivity index (χ4n) is 8.25. The summed E-state index contributed by atoms with van der Waals surface area (Å²) in [4.78, 5) is 0. The molecule has 2 unspecified atom stereocenters. The predicted molar refractivity (Wildman–Crippen MR) is 162 cm³/mol.